The maximum atomic E-state index is 3.33. The van der Waals surface area contributed by atoms with Crippen LogP contribution in [0.15, 0.2) is 121 Å². The highest BCUT2D eigenvalue weighted by Gasteiger charge is 2.57. The van der Waals surface area contributed by atoms with Crippen LogP contribution in [-0.4, -0.2) is 8.07 Å². The third-order valence-corrected chi connectivity index (χ3v) is 17.6. The molecule has 0 saturated heterocycles. The first-order chi connectivity index (χ1) is 14.9. The van der Waals surface area contributed by atoms with Crippen LogP contribution >= 0.6 is 18.5 Å². The SMILES string of the molecule is C[Si](C)(C(P)(c1ccccc1)c1ccccc1)C(P)(c1ccccc1)c1ccccc1. The molecule has 0 fully saturated rings. The Bertz CT molecular complexity index is 941. The first-order valence-corrected chi connectivity index (χ1v) is 14.9. The van der Waals surface area contributed by atoms with E-state index < -0.39 is 8.07 Å². The van der Waals surface area contributed by atoms with Crippen molar-refractivity contribution >= 4 is 26.6 Å². The van der Waals surface area contributed by atoms with Crippen LogP contribution in [0.25, 0.3) is 0 Å². The van der Waals surface area contributed by atoms with Gasteiger partial charge in [0.05, 0.1) is 8.07 Å². The zero-order valence-electron chi connectivity index (χ0n) is 18.2. The van der Waals surface area contributed by atoms with Gasteiger partial charge in [0.2, 0.25) is 0 Å². The molecular weight excluding hydrogens is 426 g/mol. The second-order valence-corrected chi connectivity index (χ2v) is 16.4. The van der Waals surface area contributed by atoms with Gasteiger partial charge in [-0.1, -0.05) is 134 Å². The van der Waals surface area contributed by atoms with Crippen LogP contribution in [0.4, 0.5) is 0 Å². The molecule has 4 aromatic rings. The van der Waals surface area contributed by atoms with E-state index >= 15 is 0 Å². The predicted molar refractivity (Wildman–Crippen MR) is 144 cm³/mol. The second kappa shape index (κ2) is 8.83. The standard InChI is InChI=1S/C28H30P2Si/c1-31(2,27(29,23-15-7-3-8-16-23)24-17-9-4-10-18-24)28(30,25-19-11-5-12-20-25)26-21-13-6-14-22-26/h3-22H,29-30H2,1-2H3. The lowest BCUT2D eigenvalue weighted by Crippen LogP contribution is -2.61. The monoisotopic (exact) mass is 456 g/mol. The van der Waals surface area contributed by atoms with Crippen molar-refractivity contribution in [2.45, 2.75) is 22.7 Å². The highest BCUT2D eigenvalue weighted by Crippen LogP contribution is 2.58. The van der Waals surface area contributed by atoms with Gasteiger partial charge in [0.25, 0.3) is 0 Å². The minimum Gasteiger partial charge on any atom is -0.125 e. The Kier molecular flexibility index (Phi) is 6.31. The summed E-state index contributed by atoms with van der Waals surface area (Å²) < 4.78 is -0.383. The van der Waals surface area contributed by atoms with Gasteiger partial charge in [-0.15, -0.1) is 18.5 Å². The molecule has 3 heteroatoms. The van der Waals surface area contributed by atoms with E-state index in [9.17, 15) is 0 Å². The van der Waals surface area contributed by atoms with Crippen molar-refractivity contribution in [2.75, 3.05) is 0 Å². The summed E-state index contributed by atoms with van der Waals surface area (Å²) in [5.41, 5.74) is 5.39. The zero-order valence-corrected chi connectivity index (χ0v) is 21.5. The summed E-state index contributed by atoms with van der Waals surface area (Å²) in [7, 11) is 4.41. The Balaban J connectivity index is 2.05. The Labute approximate surface area is 192 Å². The van der Waals surface area contributed by atoms with Crippen molar-refractivity contribution in [3.63, 3.8) is 0 Å². The molecule has 4 aromatic carbocycles. The third kappa shape index (κ3) is 3.64. The number of hydrogen-bond donors (Lipinski definition) is 0. The average molecular weight is 457 g/mol. The fourth-order valence-electron chi connectivity index (χ4n) is 4.89. The summed E-state index contributed by atoms with van der Waals surface area (Å²) in [4.78, 5) is 0. The molecule has 0 aromatic heterocycles. The number of hydrogen-bond acceptors (Lipinski definition) is 0. The van der Waals surface area contributed by atoms with Gasteiger partial charge in [0, 0.05) is 9.56 Å². The van der Waals surface area contributed by atoms with Crippen molar-refractivity contribution in [1.82, 2.24) is 0 Å². The molecule has 0 spiro atoms. The molecule has 31 heavy (non-hydrogen) atoms. The molecule has 156 valence electrons. The lowest BCUT2D eigenvalue weighted by Gasteiger charge is -2.54. The fraction of sp³-hybridized carbons (Fsp3) is 0.143. The number of rotatable bonds is 6. The Morgan fingerprint density at radius 3 is 0.806 bits per heavy atom. The quantitative estimate of drug-likeness (QED) is 0.209. The summed E-state index contributed by atoms with van der Waals surface area (Å²) in [5, 5.41) is 0. The maximum Gasteiger partial charge on any atom is 0.0899 e. The van der Waals surface area contributed by atoms with Crippen LogP contribution in [0.3, 0.4) is 0 Å². The molecule has 0 amide bonds. The summed E-state index contributed by atoms with van der Waals surface area (Å²) in [6, 6.07) is 44.0. The summed E-state index contributed by atoms with van der Waals surface area (Å²) in [6.07, 6.45) is 0. The molecule has 0 aliphatic rings. The molecule has 2 unspecified atom stereocenters. The Morgan fingerprint density at radius 2 is 0.613 bits per heavy atom. The molecule has 2 atom stereocenters. The van der Waals surface area contributed by atoms with E-state index in [0.717, 1.165) is 0 Å². The fourth-order valence-corrected chi connectivity index (χ4v) is 11.7. The summed E-state index contributed by atoms with van der Waals surface area (Å²) in [5.74, 6) is 0. The topological polar surface area (TPSA) is 0 Å². The van der Waals surface area contributed by atoms with Gasteiger partial charge >= 0.3 is 0 Å². The van der Waals surface area contributed by atoms with Crippen molar-refractivity contribution in [3.8, 4) is 0 Å². The lowest BCUT2D eigenvalue weighted by atomic mass is 10.0. The van der Waals surface area contributed by atoms with Crippen molar-refractivity contribution in [3.05, 3.63) is 144 Å². The van der Waals surface area contributed by atoms with Gasteiger partial charge in [-0.2, -0.15) is 0 Å². The van der Waals surface area contributed by atoms with Crippen LogP contribution in [0.1, 0.15) is 22.3 Å². The van der Waals surface area contributed by atoms with Crippen molar-refractivity contribution < 1.29 is 0 Å². The van der Waals surface area contributed by atoms with E-state index in [0.29, 0.717) is 0 Å². The van der Waals surface area contributed by atoms with Crippen molar-refractivity contribution in [2.24, 2.45) is 0 Å². The number of benzene rings is 4. The summed E-state index contributed by atoms with van der Waals surface area (Å²) in [6.45, 7) is 5.07. The highest BCUT2D eigenvalue weighted by atomic mass is 31.0. The smallest absolute Gasteiger partial charge is 0.0899 e. The first-order valence-electron chi connectivity index (χ1n) is 10.7. The van der Waals surface area contributed by atoms with Gasteiger partial charge in [0.15, 0.2) is 0 Å². The van der Waals surface area contributed by atoms with Crippen LogP contribution in [0.5, 0.6) is 0 Å². The summed E-state index contributed by atoms with van der Waals surface area (Å²) >= 11 is 0. The second-order valence-electron chi connectivity index (χ2n) is 8.71. The molecular formula is C28H30P2Si. The van der Waals surface area contributed by atoms with Gasteiger partial charge < -0.3 is 0 Å². The Morgan fingerprint density at radius 1 is 0.419 bits per heavy atom. The normalized spacial score (nSPS) is 12.5. The zero-order chi connectivity index (χ0) is 22.0. The first kappa shape index (κ1) is 22.2. The Hall–Kier alpha value is -2.04. The van der Waals surface area contributed by atoms with Gasteiger partial charge in [-0.05, 0) is 22.3 Å². The maximum absolute atomic E-state index is 3.33. The van der Waals surface area contributed by atoms with Gasteiger partial charge in [-0.25, -0.2) is 0 Å². The van der Waals surface area contributed by atoms with Crippen molar-refractivity contribution in [1.29, 1.82) is 0 Å². The van der Waals surface area contributed by atoms with Crippen LogP contribution in [0, 0.1) is 0 Å². The molecule has 0 aliphatic carbocycles. The van der Waals surface area contributed by atoms with E-state index in [1.54, 1.807) is 0 Å². The van der Waals surface area contributed by atoms with E-state index in [-0.39, 0.29) is 9.56 Å². The molecule has 0 radical (unpaired) electrons. The van der Waals surface area contributed by atoms with Gasteiger partial charge in [-0.3, -0.25) is 0 Å². The third-order valence-electron chi connectivity index (χ3n) is 6.89. The molecule has 0 heterocycles. The van der Waals surface area contributed by atoms with Gasteiger partial charge in [0.1, 0.15) is 0 Å². The van der Waals surface area contributed by atoms with E-state index in [2.05, 4.69) is 153 Å². The lowest BCUT2D eigenvalue weighted by molar-refractivity contribution is 0.882. The van der Waals surface area contributed by atoms with Crippen LogP contribution in [0.2, 0.25) is 13.1 Å². The van der Waals surface area contributed by atoms with E-state index in [1.165, 1.54) is 22.3 Å². The minimum absolute atomic E-state index is 0.192. The average Bonchev–Trinajstić information content (AvgIpc) is 2.85. The minimum atomic E-state index is -2.25. The molecule has 0 aliphatic heterocycles. The molecule has 0 N–H and O–H groups in total. The molecule has 0 saturated carbocycles. The van der Waals surface area contributed by atoms with E-state index in [1.807, 2.05) is 0 Å². The van der Waals surface area contributed by atoms with Crippen LogP contribution < -0.4 is 0 Å². The molecule has 0 bridgehead atoms. The highest BCUT2D eigenvalue weighted by molar-refractivity contribution is 7.34. The van der Waals surface area contributed by atoms with E-state index in [4.69, 9.17) is 0 Å². The molecule has 0 nitrogen and oxygen atoms in total. The molecule has 4 rings (SSSR count). The largest absolute Gasteiger partial charge is 0.125 e. The predicted octanol–water partition coefficient (Wildman–Crippen LogP) is 7.41. The van der Waals surface area contributed by atoms with Crippen LogP contribution in [-0.2, 0) is 9.56 Å².